The van der Waals surface area contributed by atoms with Crippen molar-refractivity contribution in [1.82, 2.24) is 4.90 Å². The number of rotatable bonds is 3. The van der Waals surface area contributed by atoms with E-state index in [4.69, 9.17) is 8.85 Å². The third kappa shape index (κ3) is 3.11. The molecule has 0 spiro atoms. The van der Waals surface area contributed by atoms with Crippen molar-refractivity contribution < 1.29 is 43.4 Å². The number of hydrogen-bond acceptors (Lipinski definition) is 7. The van der Waals surface area contributed by atoms with E-state index in [2.05, 4.69) is 0 Å². The van der Waals surface area contributed by atoms with Crippen LogP contribution >= 0.6 is 0 Å². The number of carboxylic acid groups (broad SMARTS) is 1. The number of carbonyl (C=O) groups is 2. The molecule has 3 heterocycles. The third-order valence-electron chi connectivity index (χ3n) is 4.56. The van der Waals surface area contributed by atoms with Gasteiger partial charge in [-0.15, -0.1) is 0 Å². The summed E-state index contributed by atoms with van der Waals surface area (Å²) in [6.07, 6.45) is -5.41. The Bertz CT molecular complexity index is 775. The summed E-state index contributed by atoms with van der Waals surface area (Å²) < 4.78 is 29.2. The van der Waals surface area contributed by atoms with Crippen molar-refractivity contribution in [3.63, 3.8) is 0 Å². The van der Waals surface area contributed by atoms with E-state index in [1.807, 2.05) is 0 Å². The first-order valence-corrected chi connectivity index (χ1v) is 7.75. The van der Waals surface area contributed by atoms with Gasteiger partial charge in [0.1, 0.15) is 18.3 Å². The topological polar surface area (TPSA) is 134 Å². The van der Waals surface area contributed by atoms with E-state index in [9.17, 15) is 30.0 Å². The lowest BCUT2D eigenvalue weighted by molar-refractivity contribution is -0.777. The summed E-state index contributed by atoms with van der Waals surface area (Å²) in [5, 5.41) is 41.1. The zero-order chi connectivity index (χ0) is 20.8. The van der Waals surface area contributed by atoms with Crippen LogP contribution in [0.15, 0.2) is 24.5 Å². The molecular weight excluding hydrogens is 332 g/mol. The average molecular weight is 355 g/mol. The predicted octanol–water partition coefficient (Wildman–Crippen LogP) is -3.00. The number of aromatic nitrogens is 1. The number of amides is 1. The summed E-state index contributed by atoms with van der Waals surface area (Å²) >= 11 is 0. The van der Waals surface area contributed by atoms with Crippen molar-refractivity contribution in [2.24, 2.45) is 0 Å². The van der Waals surface area contributed by atoms with Crippen LogP contribution in [0, 0.1) is 0 Å². The van der Waals surface area contributed by atoms with Crippen molar-refractivity contribution >= 4 is 11.9 Å². The molecule has 6 atom stereocenters. The van der Waals surface area contributed by atoms with E-state index in [1.54, 1.807) is 6.07 Å². The van der Waals surface area contributed by atoms with Gasteiger partial charge in [0.15, 0.2) is 18.5 Å². The predicted molar refractivity (Wildman–Crippen MR) is 78.3 cm³/mol. The van der Waals surface area contributed by atoms with Gasteiger partial charge >= 0.3 is 0 Å². The zero-order valence-electron chi connectivity index (χ0n) is 16.1. The Morgan fingerprint density at radius 3 is 2.84 bits per heavy atom. The zero-order valence-corrected chi connectivity index (χ0v) is 13.1. The van der Waals surface area contributed by atoms with Crippen LogP contribution in [0.4, 0.5) is 0 Å². The van der Waals surface area contributed by atoms with Crippen molar-refractivity contribution in [1.29, 1.82) is 0 Å². The molecule has 3 N–H and O–H groups in total. The number of carbonyl (C=O) groups excluding carboxylic acids is 2. The highest BCUT2D eigenvalue weighted by Gasteiger charge is 2.49. The fourth-order valence-corrected chi connectivity index (χ4v) is 3.17. The average Bonchev–Trinajstić information content (AvgIpc) is 3.01. The standard InChI is InChI=1S/C16H20N2O7/c1-17-9(4-5-10(17)19)8-3-2-6-18(7-8)15-13(22)11(20)12(21)14(25-15)16(23)24/h2-3,6-7,9,11-15,20-22H,4-5H2,1H3/t9-,11-,12-,13+,14-,15+/m0/s1/i1D3. The van der Waals surface area contributed by atoms with E-state index < -0.39 is 55.5 Å². The number of nitrogens with zero attached hydrogens (tertiary/aromatic N) is 2. The lowest BCUT2D eigenvalue weighted by Crippen LogP contribution is -2.65. The van der Waals surface area contributed by atoms with Crippen LogP contribution in [0.2, 0.25) is 0 Å². The first-order chi connectivity index (χ1) is 13.0. The molecule has 9 nitrogen and oxygen atoms in total. The van der Waals surface area contributed by atoms with E-state index in [-0.39, 0.29) is 12.8 Å². The minimum Gasteiger partial charge on any atom is -0.547 e. The maximum Gasteiger partial charge on any atom is 0.292 e. The fourth-order valence-electron chi connectivity index (χ4n) is 3.17. The molecule has 1 aromatic rings. The van der Waals surface area contributed by atoms with Gasteiger partial charge in [-0.05, 0) is 12.5 Å². The van der Waals surface area contributed by atoms with Gasteiger partial charge in [-0.2, -0.15) is 4.57 Å². The van der Waals surface area contributed by atoms with Crippen LogP contribution < -0.4 is 9.67 Å². The van der Waals surface area contributed by atoms with Gasteiger partial charge in [0.2, 0.25) is 5.91 Å². The molecule has 0 bridgehead atoms. The van der Waals surface area contributed by atoms with Crippen LogP contribution in [0.25, 0.3) is 0 Å². The van der Waals surface area contributed by atoms with Gasteiger partial charge in [0.25, 0.3) is 6.23 Å². The van der Waals surface area contributed by atoms with E-state index in [0.29, 0.717) is 5.56 Å². The molecule has 0 unspecified atom stereocenters. The van der Waals surface area contributed by atoms with Crippen molar-refractivity contribution in [3.05, 3.63) is 30.1 Å². The number of ether oxygens (including phenoxy) is 1. The number of aliphatic hydroxyl groups excluding tert-OH is 3. The molecule has 0 radical (unpaired) electrons. The number of aliphatic carboxylic acids is 1. The molecule has 3 rings (SSSR count). The molecule has 0 aromatic carbocycles. The highest BCUT2D eigenvalue weighted by Crippen LogP contribution is 2.31. The van der Waals surface area contributed by atoms with Crippen LogP contribution in [0.1, 0.15) is 34.8 Å². The second-order valence-corrected chi connectivity index (χ2v) is 6.14. The first kappa shape index (κ1) is 14.1. The number of pyridine rings is 1. The summed E-state index contributed by atoms with van der Waals surface area (Å²) in [6, 6.07) is 2.37. The van der Waals surface area contributed by atoms with E-state index in [0.717, 1.165) is 4.90 Å². The highest BCUT2D eigenvalue weighted by molar-refractivity contribution is 5.78. The fraction of sp³-hybridized carbons (Fsp3) is 0.562. The van der Waals surface area contributed by atoms with Crippen molar-refractivity contribution in [3.8, 4) is 0 Å². The largest absolute Gasteiger partial charge is 0.547 e. The normalized spacial score (nSPS) is 38.1. The van der Waals surface area contributed by atoms with E-state index in [1.165, 1.54) is 23.0 Å². The van der Waals surface area contributed by atoms with Gasteiger partial charge in [-0.25, -0.2) is 0 Å². The molecule has 2 fully saturated rings. The Morgan fingerprint density at radius 1 is 1.40 bits per heavy atom. The summed E-state index contributed by atoms with van der Waals surface area (Å²) in [6.45, 7) is -2.62. The van der Waals surface area contributed by atoms with Crippen molar-refractivity contribution in [2.45, 2.75) is 49.5 Å². The van der Waals surface area contributed by atoms with Gasteiger partial charge in [0, 0.05) is 29.1 Å². The van der Waals surface area contributed by atoms with Gasteiger partial charge < -0.3 is 34.9 Å². The molecule has 25 heavy (non-hydrogen) atoms. The molecule has 136 valence electrons. The SMILES string of the molecule is [2H]C([2H])([2H])N1C(=O)CC[C@H]1c1ccc[n+]([C@@H]2O[C@H](C(=O)[O-])[C@@H](O)[C@H](O)[C@H]2O)c1. The smallest absolute Gasteiger partial charge is 0.292 e. The Hall–Kier alpha value is -2.07. The van der Waals surface area contributed by atoms with Gasteiger partial charge in [-0.3, -0.25) is 4.79 Å². The van der Waals surface area contributed by atoms with E-state index >= 15 is 0 Å². The summed E-state index contributed by atoms with van der Waals surface area (Å²) in [5.41, 5.74) is 0.436. The second-order valence-electron chi connectivity index (χ2n) is 6.14. The lowest BCUT2D eigenvalue weighted by atomic mass is 9.97. The molecule has 1 amide bonds. The molecule has 9 heteroatoms. The Morgan fingerprint density at radius 2 is 2.16 bits per heavy atom. The quantitative estimate of drug-likeness (QED) is 0.492. The van der Waals surface area contributed by atoms with Crippen LogP contribution in [0.5, 0.6) is 0 Å². The maximum absolute atomic E-state index is 12.0. The Balaban J connectivity index is 1.93. The third-order valence-corrected chi connectivity index (χ3v) is 4.56. The van der Waals surface area contributed by atoms with Crippen LogP contribution in [-0.2, 0) is 14.3 Å². The number of likely N-dealkylation sites (tertiary alicyclic amines) is 1. The van der Waals surface area contributed by atoms with Crippen LogP contribution in [0.3, 0.4) is 0 Å². The highest BCUT2D eigenvalue weighted by atomic mass is 16.6. The first-order valence-electron chi connectivity index (χ1n) is 9.25. The molecule has 2 aliphatic rings. The molecule has 1 aromatic heterocycles. The van der Waals surface area contributed by atoms with Gasteiger partial charge in [-0.1, -0.05) is 0 Å². The molecular formula is C16H20N2O7. The summed E-state index contributed by atoms with van der Waals surface area (Å²) in [4.78, 5) is 24.0. The Kier molecular flexibility index (Phi) is 3.78. The monoisotopic (exact) mass is 355 g/mol. The Labute approximate surface area is 147 Å². The van der Waals surface area contributed by atoms with Gasteiger partial charge in [0.05, 0.1) is 12.0 Å². The van der Waals surface area contributed by atoms with Crippen LogP contribution in [-0.4, -0.2) is 63.5 Å². The summed E-state index contributed by atoms with van der Waals surface area (Å²) in [7, 11) is 0. The molecule has 2 saturated heterocycles. The molecule has 0 aliphatic carbocycles. The minimum absolute atomic E-state index is 0.0676. The minimum atomic E-state index is -2.62. The maximum atomic E-state index is 12.0. The molecule has 2 aliphatic heterocycles. The second kappa shape index (κ2) is 6.68. The van der Waals surface area contributed by atoms with Crippen molar-refractivity contribution in [2.75, 3.05) is 6.98 Å². The number of carboxylic acids is 1. The molecule has 0 saturated carbocycles. The number of hydrogen-bond donors (Lipinski definition) is 3. The lowest BCUT2D eigenvalue weighted by Gasteiger charge is -2.37. The number of aliphatic hydroxyl groups is 3. The summed E-state index contributed by atoms with van der Waals surface area (Å²) in [5.74, 6) is -2.26.